The smallest absolute Gasteiger partial charge is 0.344 e. The maximum atomic E-state index is 10.2. The average Bonchev–Trinajstić information content (AvgIpc) is 1.62. The molecule has 0 aliphatic rings. The summed E-state index contributed by atoms with van der Waals surface area (Å²) in [6, 6.07) is 0. The summed E-state index contributed by atoms with van der Waals surface area (Å²) >= 11 is 15.0. The molecule has 0 radical (unpaired) electrons. The number of hydrogen-bond donors (Lipinski definition) is 0. The van der Waals surface area contributed by atoms with Crippen LogP contribution in [0.4, 0.5) is 0 Å². The Morgan fingerprint density at radius 3 is 2.00 bits per heavy atom. The van der Waals surface area contributed by atoms with Crippen molar-refractivity contribution in [1.82, 2.24) is 0 Å². The zero-order valence-electron chi connectivity index (χ0n) is 3.95. The molecule has 0 aromatic heterocycles. The maximum Gasteiger partial charge on any atom is 0.360 e. The van der Waals surface area contributed by atoms with Crippen LogP contribution in [0.5, 0.6) is 0 Å². The highest BCUT2D eigenvalue weighted by Gasteiger charge is 2.29. The molecule has 0 aliphatic carbocycles. The molecule has 0 saturated heterocycles. The first kappa shape index (κ1) is 8.34. The second-order valence-corrected chi connectivity index (χ2v) is 3.11. The zero-order valence-corrected chi connectivity index (χ0v) is 6.22. The number of halogens is 3. The van der Waals surface area contributed by atoms with Crippen molar-refractivity contribution in [3.05, 3.63) is 0 Å². The highest BCUT2D eigenvalue weighted by molar-refractivity contribution is 6.57. The fourth-order valence-electron chi connectivity index (χ4n) is 0.0677. The molecule has 2 nitrogen and oxygen atoms in total. The van der Waals surface area contributed by atoms with Gasteiger partial charge in [-0.15, -0.1) is 0 Å². The summed E-state index contributed by atoms with van der Waals surface area (Å²) in [4.78, 5) is 10.2. The van der Waals surface area contributed by atoms with Gasteiger partial charge in [0.2, 0.25) is 4.33 Å². The van der Waals surface area contributed by atoms with Gasteiger partial charge in [0, 0.05) is 0 Å². The van der Waals surface area contributed by atoms with E-state index in [0.29, 0.717) is 0 Å². The van der Waals surface area contributed by atoms with E-state index in [1.165, 1.54) is 6.92 Å². The third-order valence-electron chi connectivity index (χ3n) is 0.429. The van der Waals surface area contributed by atoms with Crippen LogP contribution < -0.4 is 0 Å². The maximum absolute atomic E-state index is 10.2. The van der Waals surface area contributed by atoms with E-state index in [9.17, 15) is 4.79 Å². The van der Waals surface area contributed by atoms with Crippen LogP contribution in [-0.2, 0) is 9.08 Å². The van der Waals surface area contributed by atoms with Gasteiger partial charge in [-0.05, 0) is 6.92 Å². The van der Waals surface area contributed by atoms with Crippen molar-refractivity contribution in [1.29, 1.82) is 0 Å². The number of carbonyl (C=O) groups is 1. The Morgan fingerprint density at radius 1 is 1.62 bits per heavy atom. The molecule has 0 aromatic carbocycles. The summed E-state index contributed by atoms with van der Waals surface area (Å²) in [5, 5.41) is 0. The van der Waals surface area contributed by atoms with Gasteiger partial charge in [-0.1, -0.05) is 23.2 Å². The lowest BCUT2D eigenvalue weighted by Crippen LogP contribution is -2.21. The summed E-state index contributed by atoms with van der Waals surface area (Å²) in [6.45, 7) is 1.26. The summed E-state index contributed by atoms with van der Waals surface area (Å²) < 4.78 is 2.14. The number of hydrogen-bond acceptors (Lipinski definition) is 2. The van der Waals surface area contributed by atoms with Gasteiger partial charge in [0.15, 0.2) is 0 Å². The van der Waals surface area contributed by atoms with E-state index < -0.39 is 10.3 Å². The van der Waals surface area contributed by atoms with Gasteiger partial charge in [0.1, 0.15) is 11.9 Å². The zero-order chi connectivity index (χ0) is 6.78. The Morgan fingerprint density at radius 2 is 2.00 bits per heavy atom. The largest absolute Gasteiger partial charge is 0.360 e. The topological polar surface area (TPSA) is 26.3 Å². The Hall–Kier alpha value is 0.340. The van der Waals surface area contributed by atoms with Crippen LogP contribution >= 0.6 is 35.1 Å². The number of rotatable bonds is 1. The van der Waals surface area contributed by atoms with Crippen molar-refractivity contribution in [3.63, 3.8) is 0 Å². The van der Waals surface area contributed by atoms with Crippen molar-refractivity contribution in [3.8, 4) is 0 Å². The molecule has 0 fully saturated rings. The molecule has 0 bridgehead atoms. The monoisotopic (exact) mass is 176 g/mol. The minimum absolute atomic E-state index is 0.873. The Balaban J connectivity index is 3.82. The van der Waals surface area contributed by atoms with Crippen LogP contribution in [0.2, 0.25) is 0 Å². The molecular formula is C3H3Cl3O2. The first-order valence-corrected chi connectivity index (χ1v) is 2.76. The van der Waals surface area contributed by atoms with Crippen LogP contribution in [0.15, 0.2) is 0 Å². The lowest BCUT2D eigenvalue weighted by atomic mass is 10.5. The lowest BCUT2D eigenvalue weighted by Gasteiger charge is -2.05. The normalized spacial score (nSPS) is 11.0. The predicted octanol–water partition coefficient (Wildman–Crippen LogP) is 1.88. The average molecular weight is 177 g/mol. The molecule has 0 unspecified atom stereocenters. The molecule has 8 heavy (non-hydrogen) atoms. The number of alkyl halides is 2. The fraction of sp³-hybridized carbons (Fsp3) is 0.667. The van der Waals surface area contributed by atoms with E-state index in [4.69, 9.17) is 23.2 Å². The van der Waals surface area contributed by atoms with Crippen LogP contribution in [0.25, 0.3) is 0 Å². The van der Waals surface area contributed by atoms with Crippen LogP contribution in [-0.4, -0.2) is 10.3 Å². The van der Waals surface area contributed by atoms with Crippen molar-refractivity contribution in [2.75, 3.05) is 0 Å². The Kier molecular flexibility index (Phi) is 2.88. The molecule has 0 saturated carbocycles. The highest BCUT2D eigenvalue weighted by atomic mass is 35.5. The molecule has 0 rings (SSSR count). The third kappa shape index (κ3) is 2.60. The van der Waals surface area contributed by atoms with Gasteiger partial charge in [-0.2, -0.15) is 0 Å². The summed E-state index contributed by atoms with van der Waals surface area (Å²) in [5.74, 6) is -0.873. The lowest BCUT2D eigenvalue weighted by molar-refractivity contribution is -0.134. The molecule has 0 spiro atoms. The van der Waals surface area contributed by atoms with Gasteiger partial charge in [0.25, 0.3) is 0 Å². The summed E-state index contributed by atoms with van der Waals surface area (Å²) in [6.07, 6.45) is 0. The van der Waals surface area contributed by atoms with E-state index in [2.05, 4.69) is 16.2 Å². The standard InChI is InChI=1S/C3H3Cl3O2/c1-3(4,5)2(7)8-6/h1H3. The molecule has 0 heterocycles. The number of carbonyl (C=O) groups excluding carboxylic acids is 1. The van der Waals surface area contributed by atoms with Crippen molar-refractivity contribution >= 4 is 41.0 Å². The minimum atomic E-state index is -1.54. The Labute approximate surface area is 61.8 Å². The molecule has 0 atom stereocenters. The molecular weight excluding hydrogens is 174 g/mol. The molecule has 0 N–H and O–H groups in total. The summed E-state index contributed by atoms with van der Waals surface area (Å²) in [5.41, 5.74) is 0. The van der Waals surface area contributed by atoms with Crippen molar-refractivity contribution in [2.24, 2.45) is 0 Å². The molecule has 5 heteroatoms. The molecule has 48 valence electrons. The quantitative estimate of drug-likeness (QED) is 0.572. The van der Waals surface area contributed by atoms with Crippen molar-refractivity contribution in [2.45, 2.75) is 11.3 Å². The summed E-state index contributed by atoms with van der Waals surface area (Å²) in [7, 11) is 0. The fourth-order valence-corrected chi connectivity index (χ4v) is 0.378. The predicted molar refractivity (Wildman–Crippen MR) is 32.1 cm³/mol. The van der Waals surface area contributed by atoms with Gasteiger partial charge >= 0.3 is 5.97 Å². The van der Waals surface area contributed by atoms with Crippen LogP contribution in [0, 0.1) is 0 Å². The first-order valence-electron chi connectivity index (χ1n) is 1.69. The van der Waals surface area contributed by atoms with E-state index in [1.807, 2.05) is 0 Å². The van der Waals surface area contributed by atoms with Gasteiger partial charge < -0.3 is 4.29 Å². The second-order valence-electron chi connectivity index (χ2n) is 1.25. The van der Waals surface area contributed by atoms with E-state index in [0.717, 1.165) is 0 Å². The van der Waals surface area contributed by atoms with E-state index in [1.54, 1.807) is 0 Å². The van der Waals surface area contributed by atoms with Crippen LogP contribution in [0.3, 0.4) is 0 Å². The van der Waals surface area contributed by atoms with Crippen LogP contribution in [0.1, 0.15) is 6.92 Å². The van der Waals surface area contributed by atoms with Gasteiger partial charge in [0.05, 0.1) is 0 Å². The third-order valence-corrected chi connectivity index (χ3v) is 0.877. The van der Waals surface area contributed by atoms with E-state index >= 15 is 0 Å². The van der Waals surface area contributed by atoms with Crippen molar-refractivity contribution < 1.29 is 9.08 Å². The molecule has 0 aromatic rings. The van der Waals surface area contributed by atoms with E-state index in [-0.39, 0.29) is 0 Å². The van der Waals surface area contributed by atoms with Gasteiger partial charge in [-0.25, -0.2) is 4.79 Å². The minimum Gasteiger partial charge on any atom is -0.344 e. The SMILES string of the molecule is CC(Cl)(Cl)C(=O)OCl. The van der Waals surface area contributed by atoms with Gasteiger partial charge in [-0.3, -0.25) is 0 Å². The highest BCUT2D eigenvalue weighted by Crippen LogP contribution is 2.21. The Bertz CT molecular complexity index is 95.2. The molecule has 0 aliphatic heterocycles. The molecule has 0 amide bonds. The first-order chi connectivity index (χ1) is 3.48. The second kappa shape index (κ2) is 2.76.